The maximum absolute atomic E-state index is 12.1. The van der Waals surface area contributed by atoms with Gasteiger partial charge in [-0.3, -0.25) is 0 Å². The van der Waals surface area contributed by atoms with Gasteiger partial charge in [-0.25, -0.2) is 19.7 Å². The second-order valence-electron chi connectivity index (χ2n) is 9.79. The quantitative estimate of drug-likeness (QED) is 0.264. The van der Waals surface area contributed by atoms with Crippen LogP contribution in [0.4, 0.5) is 11.6 Å². The van der Waals surface area contributed by atoms with Crippen LogP contribution in [-0.4, -0.2) is 76.4 Å². The minimum Gasteiger partial charge on any atom is -0.480 e. The number of ether oxygens (including phenoxy) is 1. The number of thiophene rings is 1. The number of aryl methyl sites for hydroxylation is 3. The number of pyridine rings is 1. The van der Waals surface area contributed by atoms with E-state index in [0.717, 1.165) is 72.6 Å². The molecule has 3 aromatic heterocycles. The van der Waals surface area contributed by atoms with Crippen LogP contribution in [0.2, 0.25) is 0 Å². The van der Waals surface area contributed by atoms with Crippen molar-refractivity contribution < 1.29 is 14.6 Å². The number of nitrogens with zero attached hydrogens (tertiary/aromatic N) is 4. The van der Waals surface area contributed by atoms with Crippen molar-refractivity contribution in [3.05, 3.63) is 40.7 Å². The largest absolute Gasteiger partial charge is 0.480 e. The second kappa shape index (κ2) is 13.1. The first-order chi connectivity index (χ1) is 17.9. The number of carboxylic acids is 1. The molecule has 4 heterocycles. The van der Waals surface area contributed by atoms with Gasteiger partial charge < -0.3 is 25.4 Å². The summed E-state index contributed by atoms with van der Waals surface area (Å²) in [6, 6.07) is 3.61. The van der Waals surface area contributed by atoms with Gasteiger partial charge in [0.05, 0.1) is 11.5 Å². The highest BCUT2D eigenvalue weighted by Crippen LogP contribution is 2.29. The molecule has 0 saturated heterocycles. The van der Waals surface area contributed by atoms with E-state index in [1.165, 1.54) is 29.6 Å². The zero-order chi connectivity index (χ0) is 26.2. The topological polar surface area (TPSA) is 113 Å². The molecule has 0 amide bonds. The molecule has 0 aromatic carbocycles. The van der Waals surface area contributed by atoms with E-state index in [0.29, 0.717) is 18.8 Å². The lowest BCUT2D eigenvalue weighted by molar-refractivity contribution is -0.138. The summed E-state index contributed by atoms with van der Waals surface area (Å²) in [6.45, 7) is 7.32. The molecule has 1 aliphatic rings. The van der Waals surface area contributed by atoms with Crippen molar-refractivity contribution in [3.63, 3.8) is 0 Å². The van der Waals surface area contributed by atoms with Crippen molar-refractivity contribution in [2.24, 2.45) is 0 Å². The predicted octanol–water partition coefficient (Wildman–Crippen LogP) is 4.37. The zero-order valence-corrected chi connectivity index (χ0v) is 22.8. The maximum atomic E-state index is 12.1. The van der Waals surface area contributed by atoms with Gasteiger partial charge in [0.1, 0.15) is 28.8 Å². The minimum atomic E-state index is -0.883. The fraction of sp³-hybridized carbons (Fsp3) is 0.556. The van der Waals surface area contributed by atoms with Crippen molar-refractivity contribution in [3.8, 4) is 0 Å². The number of hydrogen-bond acceptors (Lipinski definition) is 9. The number of anilines is 2. The van der Waals surface area contributed by atoms with Crippen LogP contribution in [0.3, 0.4) is 0 Å². The van der Waals surface area contributed by atoms with Gasteiger partial charge >= 0.3 is 5.97 Å². The first-order valence-corrected chi connectivity index (χ1v) is 14.0. The summed E-state index contributed by atoms with van der Waals surface area (Å²) in [5, 5.41) is 19.4. The van der Waals surface area contributed by atoms with E-state index in [2.05, 4.69) is 37.6 Å². The van der Waals surface area contributed by atoms with Gasteiger partial charge in [-0.05, 0) is 81.5 Å². The molecular weight excluding hydrogens is 488 g/mol. The molecule has 2 unspecified atom stereocenters. The van der Waals surface area contributed by atoms with Crippen LogP contribution in [0.25, 0.3) is 10.2 Å². The van der Waals surface area contributed by atoms with E-state index < -0.39 is 12.0 Å². The van der Waals surface area contributed by atoms with Crippen LogP contribution in [0.5, 0.6) is 0 Å². The lowest BCUT2D eigenvalue weighted by atomic mass is 10.1. The maximum Gasteiger partial charge on any atom is 0.326 e. The van der Waals surface area contributed by atoms with Crippen molar-refractivity contribution in [2.75, 3.05) is 43.9 Å². The second-order valence-corrected chi connectivity index (χ2v) is 10.6. The Morgan fingerprint density at radius 3 is 2.97 bits per heavy atom. The van der Waals surface area contributed by atoms with E-state index in [-0.39, 0.29) is 6.10 Å². The summed E-state index contributed by atoms with van der Waals surface area (Å²) in [6.07, 6.45) is 7.25. The Hall–Kier alpha value is -2.82. The van der Waals surface area contributed by atoms with Crippen LogP contribution in [0.15, 0.2) is 23.8 Å². The number of aliphatic carboxylic acids is 1. The SMILES string of the molecule is COC(C)CN(CCCCc1ccc2c(n1)NCCC2)CCC(Nc1ncnc2scc(C)c12)C(=O)O. The normalized spacial score (nSPS) is 14.8. The zero-order valence-electron chi connectivity index (χ0n) is 22.0. The molecule has 0 saturated carbocycles. The highest BCUT2D eigenvalue weighted by atomic mass is 32.1. The number of methoxy groups -OCH3 is 1. The molecule has 0 aliphatic carbocycles. The first-order valence-electron chi connectivity index (χ1n) is 13.1. The summed E-state index contributed by atoms with van der Waals surface area (Å²) in [7, 11) is 1.71. The summed E-state index contributed by atoms with van der Waals surface area (Å²) >= 11 is 1.54. The van der Waals surface area contributed by atoms with Crippen LogP contribution in [0.1, 0.15) is 49.4 Å². The molecule has 0 radical (unpaired) electrons. The fourth-order valence-electron chi connectivity index (χ4n) is 4.74. The van der Waals surface area contributed by atoms with Crippen LogP contribution >= 0.6 is 11.3 Å². The number of nitrogens with one attached hydrogen (secondary N) is 2. The van der Waals surface area contributed by atoms with Crippen molar-refractivity contribution >= 4 is 39.2 Å². The van der Waals surface area contributed by atoms with Crippen LogP contribution in [0, 0.1) is 6.92 Å². The average molecular weight is 527 g/mol. The summed E-state index contributed by atoms with van der Waals surface area (Å²) in [5.41, 5.74) is 3.49. The van der Waals surface area contributed by atoms with Gasteiger partial charge in [-0.1, -0.05) is 6.07 Å². The molecule has 2 atom stereocenters. The Morgan fingerprint density at radius 2 is 2.16 bits per heavy atom. The van der Waals surface area contributed by atoms with E-state index in [4.69, 9.17) is 9.72 Å². The van der Waals surface area contributed by atoms with Crippen molar-refractivity contribution in [2.45, 2.75) is 64.5 Å². The lowest BCUT2D eigenvalue weighted by Crippen LogP contribution is -2.38. The molecule has 10 heteroatoms. The number of unbranched alkanes of at least 4 members (excludes halogenated alkanes) is 1. The third-order valence-corrected chi connectivity index (χ3v) is 7.93. The van der Waals surface area contributed by atoms with Crippen LogP contribution < -0.4 is 10.6 Å². The smallest absolute Gasteiger partial charge is 0.326 e. The van der Waals surface area contributed by atoms with E-state index in [9.17, 15) is 9.90 Å². The average Bonchev–Trinajstić information content (AvgIpc) is 3.29. The molecule has 3 aromatic rings. The van der Waals surface area contributed by atoms with Gasteiger partial charge in [-0.15, -0.1) is 11.3 Å². The standard InChI is InChI=1S/C27H38N6O3S/c1-18-16-37-26-23(18)25(29-17-30-26)32-22(27(34)35)11-14-33(15-19(2)36-3)13-5-4-8-21-10-9-20-7-6-12-28-24(20)31-21/h9-10,16-17,19,22H,4-8,11-15H2,1-3H3,(H,28,31)(H,34,35)(H,29,30,32). The third-order valence-electron chi connectivity index (χ3n) is 6.92. The summed E-state index contributed by atoms with van der Waals surface area (Å²) in [4.78, 5) is 28.7. The number of carboxylic acid groups (broad SMARTS) is 1. The summed E-state index contributed by atoms with van der Waals surface area (Å²) < 4.78 is 5.51. The molecule has 200 valence electrons. The van der Waals surface area contributed by atoms with E-state index in [1.807, 2.05) is 19.2 Å². The predicted molar refractivity (Wildman–Crippen MR) is 149 cm³/mol. The lowest BCUT2D eigenvalue weighted by Gasteiger charge is -2.27. The van der Waals surface area contributed by atoms with Gasteiger partial charge in [0.15, 0.2) is 0 Å². The Morgan fingerprint density at radius 1 is 1.30 bits per heavy atom. The van der Waals surface area contributed by atoms with Gasteiger partial charge in [-0.2, -0.15) is 0 Å². The highest BCUT2D eigenvalue weighted by Gasteiger charge is 2.22. The number of rotatable bonds is 14. The Labute approximate surface area is 222 Å². The molecule has 0 spiro atoms. The van der Waals surface area contributed by atoms with E-state index >= 15 is 0 Å². The number of hydrogen-bond donors (Lipinski definition) is 3. The molecule has 37 heavy (non-hydrogen) atoms. The number of carbonyl (C=O) groups is 1. The minimum absolute atomic E-state index is 0.0690. The molecule has 0 bridgehead atoms. The molecule has 4 rings (SSSR count). The Bertz CT molecular complexity index is 1190. The van der Waals surface area contributed by atoms with E-state index in [1.54, 1.807) is 7.11 Å². The van der Waals surface area contributed by atoms with Crippen LogP contribution in [-0.2, 0) is 22.4 Å². The first kappa shape index (κ1) is 27.2. The highest BCUT2D eigenvalue weighted by molar-refractivity contribution is 7.17. The van der Waals surface area contributed by atoms with Gasteiger partial charge in [0.25, 0.3) is 0 Å². The molecule has 1 aliphatic heterocycles. The Balaban J connectivity index is 1.32. The third kappa shape index (κ3) is 7.37. The molecule has 0 fully saturated rings. The van der Waals surface area contributed by atoms with Gasteiger partial charge in [0, 0.05) is 32.4 Å². The molecule has 3 N–H and O–H groups in total. The van der Waals surface area contributed by atoms with Crippen molar-refractivity contribution in [1.82, 2.24) is 19.9 Å². The molecular formula is C27H38N6O3S. The number of aromatic nitrogens is 3. The van der Waals surface area contributed by atoms with Gasteiger partial charge in [0.2, 0.25) is 0 Å². The number of fused-ring (bicyclic) bond motifs is 2. The monoisotopic (exact) mass is 526 g/mol. The molecule has 9 nitrogen and oxygen atoms in total. The summed E-state index contributed by atoms with van der Waals surface area (Å²) in [5.74, 6) is 0.747. The Kier molecular flexibility index (Phi) is 9.65. The fourth-order valence-corrected chi connectivity index (χ4v) is 5.63. The van der Waals surface area contributed by atoms with Crippen molar-refractivity contribution in [1.29, 1.82) is 0 Å².